The number of imidazole rings is 1. The average Bonchev–Trinajstić information content (AvgIpc) is 2.96. The van der Waals surface area contributed by atoms with E-state index >= 15 is 0 Å². The lowest BCUT2D eigenvalue weighted by atomic mass is 10.1. The van der Waals surface area contributed by atoms with Gasteiger partial charge in [0, 0.05) is 25.2 Å². The summed E-state index contributed by atoms with van der Waals surface area (Å²) < 4.78 is 3.19. The summed E-state index contributed by atoms with van der Waals surface area (Å²) in [4.78, 5) is 30.9. The number of H-pyrrole nitrogens is 1. The van der Waals surface area contributed by atoms with E-state index in [1.54, 1.807) is 7.05 Å². The van der Waals surface area contributed by atoms with Crippen LogP contribution in [-0.4, -0.2) is 41.9 Å². The Kier molecular flexibility index (Phi) is 7.58. The second kappa shape index (κ2) is 9.45. The van der Waals surface area contributed by atoms with Crippen molar-refractivity contribution in [1.29, 1.82) is 0 Å². The Bertz CT molecular complexity index is 814. The number of aliphatic hydroxyl groups is 1. The number of aliphatic hydroxyl groups excluding tert-OH is 1. The number of halogens is 1. The van der Waals surface area contributed by atoms with E-state index in [1.165, 1.54) is 29.2 Å². The monoisotopic (exact) mass is 388 g/mol. The Morgan fingerprint density at radius 1 is 1.28 bits per heavy atom. The zero-order valence-corrected chi connectivity index (χ0v) is 16.2. The fraction of sp³-hybridized carbons (Fsp3) is 0.688. The molecule has 2 rings (SSSR count). The second-order valence-corrected chi connectivity index (χ2v) is 7.37. The molecule has 7 nitrogen and oxygen atoms in total. The number of hydrogen-bond acceptors (Lipinski definition) is 5. The van der Waals surface area contributed by atoms with Crippen LogP contribution in [-0.2, 0) is 13.6 Å². The zero-order chi connectivity index (χ0) is 18.4. The molecule has 0 aromatic carbocycles. The van der Waals surface area contributed by atoms with E-state index in [4.69, 9.17) is 11.6 Å². The van der Waals surface area contributed by atoms with Gasteiger partial charge in [-0.15, -0.1) is 11.6 Å². The largest absolute Gasteiger partial charge is 0.391 e. The van der Waals surface area contributed by atoms with Crippen LogP contribution in [0.15, 0.2) is 14.7 Å². The van der Waals surface area contributed by atoms with Crippen molar-refractivity contribution in [3.8, 4) is 0 Å². The van der Waals surface area contributed by atoms with Crippen LogP contribution in [0.25, 0.3) is 11.2 Å². The van der Waals surface area contributed by atoms with Crippen molar-refractivity contribution in [3.05, 3.63) is 20.8 Å². The maximum atomic E-state index is 12.3. The van der Waals surface area contributed by atoms with Gasteiger partial charge in [-0.2, -0.15) is 0 Å². The first-order valence-corrected chi connectivity index (χ1v) is 10.1. The van der Waals surface area contributed by atoms with Crippen molar-refractivity contribution in [2.24, 2.45) is 7.05 Å². The quantitative estimate of drug-likeness (QED) is 0.369. The fourth-order valence-corrected chi connectivity index (χ4v) is 3.81. The molecule has 1 atom stereocenters. The molecule has 0 spiro atoms. The molecule has 0 saturated heterocycles. The smallest absolute Gasteiger partial charge is 0.329 e. The number of unbranched alkanes of at least 4 members (excludes halogenated alkanes) is 4. The molecule has 0 bridgehead atoms. The Morgan fingerprint density at radius 2 is 2.00 bits per heavy atom. The summed E-state index contributed by atoms with van der Waals surface area (Å²) in [6, 6.07) is 0. The molecule has 140 valence electrons. The van der Waals surface area contributed by atoms with Crippen LogP contribution in [0, 0.1) is 0 Å². The predicted molar refractivity (Wildman–Crippen MR) is 102 cm³/mol. The van der Waals surface area contributed by atoms with E-state index < -0.39 is 17.4 Å². The van der Waals surface area contributed by atoms with Gasteiger partial charge in [-0.1, -0.05) is 44.4 Å². The third-order valence-corrected chi connectivity index (χ3v) is 5.52. The van der Waals surface area contributed by atoms with E-state index in [1.807, 2.05) is 4.57 Å². The normalized spacial score (nSPS) is 12.8. The molecule has 0 fully saturated rings. The Hall–Kier alpha value is -1.25. The van der Waals surface area contributed by atoms with Gasteiger partial charge in [-0.05, 0) is 6.42 Å². The highest BCUT2D eigenvalue weighted by Crippen LogP contribution is 2.23. The molecule has 2 aromatic rings. The minimum Gasteiger partial charge on any atom is -0.391 e. The number of aryl methyl sites for hydroxylation is 2. The molecule has 0 aliphatic carbocycles. The van der Waals surface area contributed by atoms with Gasteiger partial charge in [0.05, 0.1) is 6.10 Å². The lowest BCUT2D eigenvalue weighted by molar-refractivity contribution is 0.223. The topological polar surface area (TPSA) is 92.9 Å². The minimum atomic E-state index is -0.647. The minimum absolute atomic E-state index is 0.142. The molecule has 0 aliphatic rings. The van der Waals surface area contributed by atoms with Gasteiger partial charge in [-0.25, -0.2) is 9.78 Å². The summed E-state index contributed by atoms with van der Waals surface area (Å²) in [6.07, 6.45) is 4.89. The summed E-state index contributed by atoms with van der Waals surface area (Å²) in [5, 5.41) is 10.3. The molecule has 9 heteroatoms. The standard InChI is InChI=1S/C16H25ClN4O3S/c1-3-4-5-6-7-8-21-12-13(20(2)15(24)19-14(12)23)18-16(21)25-10-11(22)9-17/h11,22H,3-10H2,1-2H3,(H,19,23,24)/t11-/m1/s1. The highest BCUT2D eigenvalue weighted by atomic mass is 35.5. The van der Waals surface area contributed by atoms with Crippen LogP contribution in [0.5, 0.6) is 0 Å². The Labute approximate surface area is 155 Å². The van der Waals surface area contributed by atoms with Crippen LogP contribution in [0.2, 0.25) is 0 Å². The first-order chi connectivity index (χ1) is 12.0. The predicted octanol–water partition coefficient (Wildman–Crippen LogP) is 2.09. The molecule has 2 aromatic heterocycles. The van der Waals surface area contributed by atoms with E-state index in [0.717, 1.165) is 19.3 Å². The molecular formula is C16H25ClN4O3S. The summed E-state index contributed by atoms with van der Waals surface area (Å²) in [7, 11) is 1.58. The molecule has 2 N–H and O–H groups in total. The summed E-state index contributed by atoms with van der Waals surface area (Å²) in [5.74, 6) is 0.526. The maximum absolute atomic E-state index is 12.3. The molecule has 2 heterocycles. The third-order valence-electron chi connectivity index (χ3n) is 4.04. The fourth-order valence-electron chi connectivity index (χ4n) is 2.62. The van der Waals surface area contributed by atoms with E-state index in [0.29, 0.717) is 28.6 Å². The van der Waals surface area contributed by atoms with Crippen molar-refractivity contribution in [1.82, 2.24) is 19.1 Å². The lowest BCUT2D eigenvalue weighted by Crippen LogP contribution is -2.29. The van der Waals surface area contributed by atoms with Gasteiger partial charge in [-0.3, -0.25) is 14.3 Å². The average molecular weight is 389 g/mol. The number of aromatic amines is 1. The summed E-state index contributed by atoms with van der Waals surface area (Å²) in [6.45, 7) is 2.82. The maximum Gasteiger partial charge on any atom is 0.329 e. The highest BCUT2D eigenvalue weighted by Gasteiger charge is 2.18. The number of alkyl halides is 1. The first-order valence-electron chi connectivity index (χ1n) is 8.56. The van der Waals surface area contributed by atoms with Gasteiger partial charge < -0.3 is 9.67 Å². The third kappa shape index (κ3) is 4.89. The van der Waals surface area contributed by atoms with Crippen molar-refractivity contribution >= 4 is 34.5 Å². The van der Waals surface area contributed by atoms with Gasteiger partial charge in [0.15, 0.2) is 16.3 Å². The van der Waals surface area contributed by atoms with Crippen LogP contribution < -0.4 is 11.2 Å². The van der Waals surface area contributed by atoms with E-state index in [2.05, 4.69) is 16.9 Å². The second-order valence-electron chi connectivity index (χ2n) is 6.07. The van der Waals surface area contributed by atoms with Crippen LogP contribution in [0.3, 0.4) is 0 Å². The molecule has 0 radical (unpaired) electrons. The van der Waals surface area contributed by atoms with Crippen molar-refractivity contribution in [3.63, 3.8) is 0 Å². The number of nitrogens with one attached hydrogen (secondary N) is 1. The van der Waals surface area contributed by atoms with Crippen LogP contribution >= 0.6 is 23.4 Å². The number of nitrogens with zero attached hydrogens (tertiary/aromatic N) is 3. The van der Waals surface area contributed by atoms with E-state index in [-0.39, 0.29) is 5.88 Å². The number of fused-ring (bicyclic) bond motifs is 1. The molecule has 0 amide bonds. The number of thioether (sulfide) groups is 1. The van der Waals surface area contributed by atoms with Crippen molar-refractivity contribution < 1.29 is 5.11 Å². The number of rotatable bonds is 10. The molecule has 0 unspecified atom stereocenters. The SMILES string of the molecule is CCCCCCCn1c(SC[C@H](O)CCl)nc2c1c(=O)[nH]c(=O)n2C. The lowest BCUT2D eigenvalue weighted by Gasteiger charge is -2.10. The van der Waals surface area contributed by atoms with Crippen LogP contribution in [0.1, 0.15) is 39.0 Å². The van der Waals surface area contributed by atoms with Gasteiger partial charge in [0.1, 0.15) is 0 Å². The number of aromatic nitrogens is 4. The van der Waals surface area contributed by atoms with Gasteiger partial charge in [0.25, 0.3) is 5.56 Å². The molecular weight excluding hydrogens is 364 g/mol. The van der Waals surface area contributed by atoms with Crippen molar-refractivity contribution in [2.75, 3.05) is 11.6 Å². The molecule has 0 aliphatic heterocycles. The first kappa shape index (κ1) is 20.1. The highest BCUT2D eigenvalue weighted by molar-refractivity contribution is 7.99. The Morgan fingerprint density at radius 3 is 2.68 bits per heavy atom. The van der Waals surface area contributed by atoms with Gasteiger partial charge >= 0.3 is 5.69 Å². The van der Waals surface area contributed by atoms with E-state index in [9.17, 15) is 14.7 Å². The summed E-state index contributed by atoms with van der Waals surface area (Å²) in [5.41, 5.74) is -0.142. The molecule has 0 saturated carbocycles. The van der Waals surface area contributed by atoms with Crippen molar-refractivity contribution in [2.45, 2.75) is 56.8 Å². The van der Waals surface area contributed by atoms with Crippen LogP contribution in [0.4, 0.5) is 0 Å². The molecule has 25 heavy (non-hydrogen) atoms. The summed E-state index contributed by atoms with van der Waals surface area (Å²) >= 11 is 7.00. The van der Waals surface area contributed by atoms with Gasteiger partial charge in [0.2, 0.25) is 0 Å². The zero-order valence-electron chi connectivity index (χ0n) is 14.6. The Balaban J connectivity index is 2.34. The number of hydrogen-bond donors (Lipinski definition) is 2.